The highest BCUT2D eigenvalue weighted by atomic mass is 32.2. The molecule has 0 aromatic rings. The summed E-state index contributed by atoms with van der Waals surface area (Å²) in [4.78, 5) is 10.3. The molecule has 3 nitrogen and oxygen atoms in total. The van der Waals surface area contributed by atoms with E-state index in [1.165, 1.54) is 0 Å². The van der Waals surface area contributed by atoms with Gasteiger partial charge in [-0.3, -0.25) is 9.93 Å². The molecule has 0 aromatic heterocycles. The monoisotopic (exact) mass is 132 g/mol. The molecule has 0 bridgehead atoms. The van der Waals surface area contributed by atoms with Crippen molar-refractivity contribution in [3.8, 4) is 0 Å². The fourth-order valence-corrected chi connectivity index (χ4v) is 0.455. The van der Waals surface area contributed by atoms with Crippen molar-refractivity contribution in [1.82, 2.24) is 0 Å². The van der Waals surface area contributed by atoms with Crippen molar-refractivity contribution < 1.29 is 4.79 Å². The Bertz CT molecular complexity index is 117. The first-order chi connectivity index (χ1) is 3.72. The topological polar surface area (TPSA) is 69.1 Å². The first kappa shape index (κ1) is 7.52. The molecule has 46 valence electrons. The van der Waals surface area contributed by atoms with Crippen molar-refractivity contribution in [1.29, 1.82) is 0 Å². The number of hydrogen-bond acceptors (Lipinski definition) is 4. The third-order valence-corrected chi connectivity index (χ3v) is 1.29. The smallest absolute Gasteiger partial charge is 0.159 e. The zero-order valence-corrected chi connectivity index (χ0v) is 5.37. The van der Waals surface area contributed by atoms with E-state index >= 15 is 0 Å². The maximum atomic E-state index is 9.94. The third kappa shape index (κ3) is 1.99. The normalized spacial score (nSPS) is 12.8. The van der Waals surface area contributed by atoms with Crippen LogP contribution in [0.2, 0.25) is 0 Å². The van der Waals surface area contributed by atoms with E-state index in [2.05, 4.69) is 0 Å². The van der Waals surface area contributed by atoms with Crippen LogP contribution in [-0.4, -0.2) is 6.29 Å². The zero-order chi connectivity index (χ0) is 6.57. The Balaban J connectivity index is 4.07. The van der Waals surface area contributed by atoms with E-state index in [4.69, 9.17) is 10.9 Å². The molecule has 0 atom stereocenters. The molecular weight excluding hydrogens is 124 g/mol. The lowest BCUT2D eigenvalue weighted by Gasteiger charge is -1.92. The lowest BCUT2D eigenvalue weighted by Crippen LogP contribution is -1.98. The zero-order valence-electron chi connectivity index (χ0n) is 4.55. The molecule has 0 heterocycles. The van der Waals surface area contributed by atoms with E-state index in [-0.39, 0.29) is 0 Å². The van der Waals surface area contributed by atoms with Gasteiger partial charge in [0.1, 0.15) is 0 Å². The number of aldehydes is 1. The van der Waals surface area contributed by atoms with E-state index in [1.54, 1.807) is 6.92 Å². The SMILES string of the molecule is C/C(N)=C(\C=O)SN. The van der Waals surface area contributed by atoms with Crippen molar-refractivity contribution in [2.45, 2.75) is 6.92 Å². The van der Waals surface area contributed by atoms with Crippen molar-refractivity contribution in [2.24, 2.45) is 10.9 Å². The summed E-state index contributed by atoms with van der Waals surface area (Å²) in [5.74, 6) is 0. The largest absolute Gasteiger partial charge is 0.401 e. The average Bonchev–Trinajstić information content (AvgIpc) is 1.69. The number of carbonyl (C=O) groups excluding carboxylic acids is 1. The molecule has 8 heavy (non-hydrogen) atoms. The number of nitrogens with two attached hydrogens (primary N) is 2. The van der Waals surface area contributed by atoms with Crippen LogP contribution in [-0.2, 0) is 4.79 Å². The van der Waals surface area contributed by atoms with Gasteiger partial charge in [0.25, 0.3) is 0 Å². The van der Waals surface area contributed by atoms with Gasteiger partial charge in [-0.25, -0.2) is 0 Å². The van der Waals surface area contributed by atoms with Crippen LogP contribution in [0.5, 0.6) is 0 Å². The van der Waals surface area contributed by atoms with E-state index in [9.17, 15) is 4.79 Å². The van der Waals surface area contributed by atoms with Gasteiger partial charge >= 0.3 is 0 Å². The molecule has 0 aliphatic heterocycles. The van der Waals surface area contributed by atoms with Gasteiger partial charge in [0.15, 0.2) is 6.29 Å². The lowest BCUT2D eigenvalue weighted by molar-refractivity contribution is -0.104. The maximum absolute atomic E-state index is 9.94. The Morgan fingerprint density at radius 3 is 2.25 bits per heavy atom. The second-order valence-corrected chi connectivity index (χ2v) is 1.96. The van der Waals surface area contributed by atoms with Crippen molar-refractivity contribution in [3.05, 3.63) is 10.6 Å². The Hall–Kier alpha value is -0.480. The molecule has 0 amide bonds. The van der Waals surface area contributed by atoms with Gasteiger partial charge < -0.3 is 5.73 Å². The van der Waals surface area contributed by atoms with E-state index < -0.39 is 0 Å². The summed E-state index contributed by atoms with van der Waals surface area (Å²) < 4.78 is 0. The maximum Gasteiger partial charge on any atom is 0.159 e. The highest BCUT2D eigenvalue weighted by Crippen LogP contribution is 2.05. The van der Waals surface area contributed by atoms with Crippen molar-refractivity contribution in [3.63, 3.8) is 0 Å². The van der Waals surface area contributed by atoms with Crippen LogP contribution in [0.15, 0.2) is 10.6 Å². The van der Waals surface area contributed by atoms with Gasteiger partial charge in [0.2, 0.25) is 0 Å². The molecule has 0 fully saturated rings. The minimum atomic E-state index is 0.394. The van der Waals surface area contributed by atoms with Gasteiger partial charge in [0, 0.05) is 5.70 Å². The molecule has 0 saturated heterocycles. The predicted octanol–water partition coefficient (Wildman–Crippen LogP) is -0.0176. The first-order valence-electron chi connectivity index (χ1n) is 2.00. The van der Waals surface area contributed by atoms with E-state index in [1.807, 2.05) is 0 Å². The third-order valence-electron chi connectivity index (χ3n) is 0.623. The van der Waals surface area contributed by atoms with Crippen LogP contribution in [0, 0.1) is 0 Å². The van der Waals surface area contributed by atoms with Gasteiger partial charge in [-0.15, -0.1) is 0 Å². The Kier molecular flexibility index (Phi) is 3.30. The molecule has 0 aromatic carbocycles. The standard InChI is InChI=1S/C4H8N2OS/c1-3(5)4(2-7)8-6/h2H,5-6H2,1H3/b4-3-. The highest BCUT2D eigenvalue weighted by molar-refractivity contribution is 8.01. The molecule has 0 saturated carbocycles. The molecule has 4 N–H and O–H groups in total. The molecule has 0 aliphatic carbocycles. The average molecular weight is 132 g/mol. The minimum Gasteiger partial charge on any atom is -0.401 e. The van der Waals surface area contributed by atoms with Crippen LogP contribution in [0.25, 0.3) is 0 Å². The second kappa shape index (κ2) is 3.51. The molecule has 0 unspecified atom stereocenters. The summed E-state index contributed by atoms with van der Waals surface area (Å²) in [5, 5.41) is 5.03. The van der Waals surface area contributed by atoms with Gasteiger partial charge in [-0.05, 0) is 18.9 Å². The number of allylic oxidation sites excluding steroid dienone is 2. The highest BCUT2D eigenvalue weighted by Gasteiger charge is 1.92. The van der Waals surface area contributed by atoms with Crippen LogP contribution in [0.3, 0.4) is 0 Å². The fraction of sp³-hybridized carbons (Fsp3) is 0.250. The summed E-state index contributed by atoms with van der Waals surface area (Å²) >= 11 is 0.865. The molecule has 0 spiro atoms. The van der Waals surface area contributed by atoms with Gasteiger partial charge in [0.05, 0.1) is 4.91 Å². The number of hydrogen-bond donors (Lipinski definition) is 2. The number of carbonyl (C=O) groups is 1. The number of rotatable bonds is 2. The summed E-state index contributed by atoms with van der Waals surface area (Å²) in [5.41, 5.74) is 5.67. The van der Waals surface area contributed by atoms with E-state index in [0.29, 0.717) is 16.9 Å². The Labute approximate surface area is 52.2 Å². The van der Waals surface area contributed by atoms with Crippen LogP contribution < -0.4 is 10.9 Å². The molecule has 4 heteroatoms. The lowest BCUT2D eigenvalue weighted by atomic mass is 10.5. The fourth-order valence-electron chi connectivity index (χ4n) is 0.214. The predicted molar refractivity (Wildman–Crippen MR) is 34.7 cm³/mol. The summed E-state index contributed by atoms with van der Waals surface area (Å²) in [6.45, 7) is 1.63. The van der Waals surface area contributed by atoms with Gasteiger partial charge in [-0.2, -0.15) is 0 Å². The van der Waals surface area contributed by atoms with Crippen LogP contribution in [0.4, 0.5) is 0 Å². The van der Waals surface area contributed by atoms with Crippen LogP contribution in [0.1, 0.15) is 6.92 Å². The van der Waals surface area contributed by atoms with Gasteiger partial charge in [-0.1, -0.05) is 0 Å². The molecule has 0 radical (unpaired) electrons. The van der Waals surface area contributed by atoms with Crippen LogP contribution >= 0.6 is 11.9 Å². The summed E-state index contributed by atoms with van der Waals surface area (Å²) in [7, 11) is 0. The quantitative estimate of drug-likeness (QED) is 0.315. The Morgan fingerprint density at radius 2 is 2.25 bits per heavy atom. The molecule has 0 aliphatic rings. The molecular formula is C4H8N2OS. The van der Waals surface area contributed by atoms with E-state index in [0.717, 1.165) is 11.9 Å². The second-order valence-electron chi connectivity index (χ2n) is 1.28. The summed E-state index contributed by atoms with van der Waals surface area (Å²) in [6, 6.07) is 0. The summed E-state index contributed by atoms with van der Waals surface area (Å²) in [6.07, 6.45) is 0.639. The van der Waals surface area contributed by atoms with Crippen molar-refractivity contribution in [2.75, 3.05) is 0 Å². The van der Waals surface area contributed by atoms with Crippen molar-refractivity contribution >= 4 is 18.2 Å². The Morgan fingerprint density at radius 1 is 1.75 bits per heavy atom. The molecule has 0 rings (SSSR count). The first-order valence-corrected chi connectivity index (χ1v) is 2.88. The minimum absolute atomic E-state index is 0.394.